The number of carbonyl (C=O) groups is 2. The minimum atomic E-state index is -0.465. The number of H-pyrrole nitrogens is 1. The quantitative estimate of drug-likeness (QED) is 0.515. The Morgan fingerprint density at radius 3 is 2.28 bits per heavy atom. The van der Waals surface area contributed by atoms with Crippen molar-refractivity contribution in [2.75, 3.05) is 40.5 Å². The summed E-state index contributed by atoms with van der Waals surface area (Å²) in [5.41, 5.74) is 4.23. The fourth-order valence-electron chi connectivity index (χ4n) is 3.17. The molecule has 0 saturated heterocycles. The standard InChI is InChI=1S/C22H30N2O5/c1-14-11-15(2)13-18(12-14)28-8-7-24(5)21(25)20-16(3)19(17(4)23-20)22(26)29-10-9-27-6/h11-13,23H,7-10H2,1-6H3. The molecular weight excluding hydrogens is 372 g/mol. The van der Waals surface area contributed by atoms with E-state index in [2.05, 4.69) is 11.1 Å². The second-order valence-corrected chi connectivity index (χ2v) is 7.15. The highest BCUT2D eigenvalue weighted by Crippen LogP contribution is 2.20. The molecule has 1 heterocycles. The molecule has 0 spiro atoms. The molecule has 1 aromatic heterocycles. The average Bonchev–Trinajstić information content (AvgIpc) is 2.94. The van der Waals surface area contributed by atoms with Crippen LogP contribution in [0.5, 0.6) is 5.75 Å². The van der Waals surface area contributed by atoms with Gasteiger partial charge in [0.15, 0.2) is 0 Å². The molecular formula is C22H30N2O5. The molecule has 29 heavy (non-hydrogen) atoms. The lowest BCUT2D eigenvalue weighted by atomic mass is 10.1. The molecule has 0 atom stereocenters. The van der Waals surface area contributed by atoms with E-state index in [-0.39, 0.29) is 12.5 Å². The van der Waals surface area contributed by atoms with Crippen molar-refractivity contribution in [3.63, 3.8) is 0 Å². The van der Waals surface area contributed by atoms with Crippen molar-refractivity contribution in [2.45, 2.75) is 27.7 Å². The third-order valence-corrected chi connectivity index (χ3v) is 4.61. The van der Waals surface area contributed by atoms with Gasteiger partial charge in [0.05, 0.1) is 18.7 Å². The summed E-state index contributed by atoms with van der Waals surface area (Å²) in [6, 6.07) is 6.01. The summed E-state index contributed by atoms with van der Waals surface area (Å²) in [5.74, 6) is 0.120. The highest BCUT2D eigenvalue weighted by Gasteiger charge is 2.24. The van der Waals surface area contributed by atoms with Crippen LogP contribution in [-0.2, 0) is 9.47 Å². The maximum absolute atomic E-state index is 12.8. The van der Waals surface area contributed by atoms with Crippen molar-refractivity contribution in [3.05, 3.63) is 51.8 Å². The first-order valence-corrected chi connectivity index (χ1v) is 9.56. The minimum absolute atomic E-state index is 0.165. The topological polar surface area (TPSA) is 80.9 Å². The van der Waals surface area contributed by atoms with Gasteiger partial charge in [0.1, 0.15) is 24.7 Å². The summed E-state index contributed by atoms with van der Waals surface area (Å²) in [6.45, 7) is 8.80. The molecule has 0 saturated carbocycles. The monoisotopic (exact) mass is 402 g/mol. The summed E-state index contributed by atoms with van der Waals surface area (Å²) >= 11 is 0. The molecule has 2 rings (SSSR count). The molecule has 1 N–H and O–H groups in total. The first-order valence-electron chi connectivity index (χ1n) is 9.56. The van der Waals surface area contributed by atoms with Gasteiger partial charge in [0.2, 0.25) is 0 Å². The Hall–Kier alpha value is -2.80. The number of nitrogens with one attached hydrogen (secondary N) is 1. The lowest BCUT2D eigenvalue weighted by Crippen LogP contribution is -2.31. The summed E-state index contributed by atoms with van der Waals surface area (Å²) < 4.78 is 15.9. The van der Waals surface area contributed by atoms with Crippen molar-refractivity contribution in [1.82, 2.24) is 9.88 Å². The van der Waals surface area contributed by atoms with Crippen LogP contribution in [0.3, 0.4) is 0 Å². The Labute approximate surface area is 172 Å². The number of likely N-dealkylation sites (N-methyl/N-ethyl adjacent to an activating group) is 1. The van der Waals surface area contributed by atoms with Gasteiger partial charge in [-0.1, -0.05) is 6.07 Å². The molecule has 1 aromatic carbocycles. The number of hydrogen-bond donors (Lipinski definition) is 1. The summed E-state index contributed by atoms with van der Waals surface area (Å²) in [4.78, 5) is 29.7. The van der Waals surface area contributed by atoms with Crippen molar-refractivity contribution >= 4 is 11.9 Å². The van der Waals surface area contributed by atoms with E-state index >= 15 is 0 Å². The molecule has 0 aliphatic heterocycles. The van der Waals surface area contributed by atoms with E-state index in [0.717, 1.165) is 16.9 Å². The van der Waals surface area contributed by atoms with Gasteiger partial charge in [-0.3, -0.25) is 4.79 Å². The fraction of sp³-hybridized carbons (Fsp3) is 0.455. The number of rotatable bonds is 9. The zero-order valence-corrected chi connectivity index (χ0v) is 18.0. The van der Waals surface area contributed by atoms with Gasteiger partial charge in [-0.05, 0) is 56.5 Å². The zero-order valence-electron chi connectivity index (χ0n) is 18.0. The van der Waals surface area contributed by atoms with Crippen molar-refractivity contribution < 1.29 is 23.8 Å². The van der Waals surface area contributed by atoms with Crippen LogP contribution < -0.4 is 4.74 Å². The lowest BCUT2D eigenvalue weighted by Gasteiger charge is -2.17. The Balaban J connectivity index is 2.00. The van der Waals surface area contributed by atoms with E-state index in [1.165, 1.54) is 7.11 Å². The molecule has 1 amide bonds. The first-order chi connectivity index (χ1) is 13.7. The molecule has 0 aliphatic carbocycles. The Kier molecular flexibility index (Phi) is 7.84. The Morgan fingerprint density at radius 1 is 1.00 bits per heavy atom. The molecule has 0 radical (unpaired) electrons. The zero-order chi connectivity index (χ0) is 21.6. The normalized spacial score (nSPS) is 10.7. The molecule has 7 nitrogen and oxygen atoms in total. The van der Waals surface area contributed by atoms with Gasteiger partial charge in [-0.15, -0.1) is 0 Å². The number of nitrogens with zero attached hydrogens (tertiary/aromatic N) is 1. The van der Waals surface area contributed by atoms with E-state index in [0.29, 0.717) is 42.3 Å². The maximum atomic E-state index is 12.8. The molecule has 0 fully saturated rings. The van der Waals surface area contributed by atoms with E-state index in [1.807, 2.05) is 26.0 Å². The van der Waals surface area contributed by atoms with Crippen LogP contribution in [0.1, 0.15) is 43.2 Å². The molecule has 0 aliphatic rings. The van der Waals surface area contributed by atoms with Crippen molar-refractivity contribution in [1.29, 1.82) is 0 Å². The first kappa shape index (κ1) is 22.5. The largest absolute Gasteiger partial charge is 0.492 e. The number of amides is 1. The number of aromatic amines is 1. The van der Waals surface area contributed by atoms with Gasteiger partial charge in [-0.2, -0.15) is 0 Å². The Bertz CT molecular complexity index is 852. The smallest absolute Gasteiger partial charge is 0.340 e. The van der Waals surface area contributed by atoms with Crippen molar-refractivity contribution in [2.24, 2.45) is 0 Å². The second kappa shape index (κ2) is 10.1. The molecule has 0 bridgehead atoms. The summed E-state index contributed by atoms with van der Waals surface area (Å²) in [6.07, 6.45) is 0. The number of hydrogen-bond acceptors (Lipinski definition) is 5. The van der Waals surface area contributed by atoms with Gasteiger partial charge in [-0.25, -0.2) is 4.79 Å². The van der Waals surface area contributed by atoms with Crippen LogP contribution in [0.25, 0.3) is 0 Å². The van der Waals surface area contributed by atoms with E-state index < -0.39 is 5.97 Å². The summed E-state index contributed by atoms with van der Waals surface area (Å²) in [5, 5.41) is 0. The molecule has 7 heteroatoms. The minimum Gasteiger partial charge on any atom is -0.492 e. The molecule has 158 valence electrons. The predicted octanol–water partition coefficient (Wildman–Crippen LogP) is 3.20. The predicted molar refractivity (Wildman–Crippen MR) is 111 cm³/mol. The molecule has 2 aromatic rings. The number of esters is 1. The highest BCUT2D eigenvalue weighted by molar-refractivity contribution is 6.00. The third-order valence-electron chi connectivity index (χ3n) is 4.61. The number of benzene rings is 1. The van der Waals surface area contributed by atoms with E-state index in [9.17, 15) is 9.59 Å². The number of aryl methyl sites for hydroxylation is 3. The Morgan fingerprint density at radius 2 is 1.66 bits per heavy atom. The number of ether oxygens (including phenoxy) is 3. The fourth-order valence-corrected chi connectivity index (χ4v) is 3.17. The van der Waals surface area contributed by atoms with E-state index in [1.54, 1.807) is 25.8 Å². The van der Waals surface area contributed by atoms with E-state index in [4.69, 9.17) is 14.2 Å². The number of aromatic nitrogens is 1. The van der Waals surface area contributed by atoms with Gasteiger partial charge < -0.3 is 24.1 Å². The van der Waals surface area contributed by atoms with Crippen LogP contribution in [0.15, 0.2) is 18.2 Å². The lowest BCUT2D eigenvalue weighted by molar-refractivity contribution is 0.0387. The summed E-state index contributed by atoms with van der Waals surface area (Å²) in [7, 11) is 3.25. The van der Waals surface area contributed by atoms with Crippen LogP contribution in [0.4, 0.5) is 0 Å². The third kappa shape index (κ3) is 5.84. The highest BCUT2D eigenvalue weighted by atomic mass is 16.6. The van der Waals surface area contributed by atoms with Crippen LogP contribution in [0, 0.1) is 27.7 Å². The second-order valence-electron chi connectivity index (χ2n) is 7.15. The van der Waals surface area contributed by atoms with Gasteiger partial charge in [0, 0.05) is 19.9 Å². The number of methoxy groups -OCH3 is 1. The van der Waals surface area contributed by atoms with Gasteiger partial charge in [0.25, 0.3) is 5.91 Å². The SMILES string of the molecule is COCCOC(=O)c1c(C)[nH]c(C(=O)N(C)CCOc2cc(C)cc(C)c2)c1C. The van der Waals surface area contributed by atoms with Gasteiger partial charge >= 0.3 is 5.97 Å². The number of carbonyl (C=O) groups excluding carboxylic acids is 2. The van der Waals surface area contributed by atoms with Crippen LogP contribution >= 0.6 is 0 Å². The molecule has 0 unspecified atom stereocenters. The average molecular weight is 402 g/mol. The van der Waals surface area contributed by atoms with Crippen LogP contribution in [0.2, 0.25) is 0 Å². The maximum Gasteiger partial charge on any atom is 0.340 e. The van der Waals surface area contributed by atoms with Crippen molar-refractivity contribution in [3.8, 4) is 5.75 Å². The van der Waals surface area contributed by atoms with Crippen LogP contribution in [-0.4, -0.2) is 62.3 Å².